The summed E-state index contributed by atoms with van der Waals surface area (Å²) in [5.41, 5.74) is 34.8. The number of nitrogens with zero attached hydrogens (tertiary/aromatic N) is 6. The summed E-state index contributed by atoms with van der Waals surface area (Å²) in [7, 11) is 0. The predicted molar refractivity (Wildman–Crippen MR) is 418 cm³/mol. The maximum Gasteiger partial charge on any atom is 0.227 e. The van der Waals surface area contributed by atoms with Crippen molar-refractivity contribution in [3.05, 3.63) is 396 Å². The van der Waals surface area contributed by atoms with Gasteiger partial charge in [0, 0.05) is 56.4 Å². The van der Waals surface area contributed by atoms with Crippen LogP contribution in [0, 0.1) is 0 Å². The Morgan fingerprint density at radius 2 is 0.481 bits per heavy atom. The van der Waals surface area contributed by atoms with Crippen molar-refractivity contribution in [2.75, 3.05) is 9.80 Å². The quantitative estimate of drug-likeness (QED) is 0.134. The molecule has 22 rings (SSSR count). The van der Waals surface area contributed by atoms with Gasteiger partial charge in [-0.1, -0.05) is 218 Å². The van der Waals surface area contributed by atoms with Gasteiger partial charge in [0.15, 0.2) is 11.2 Å². The fourth-order valence-electron chi connectivity index (χ4n) is 17.8. The maximum absolute atomic E-state index is 6.48. The molecule has 0 atom stereocenters. The number of rotatable bonds is 10. The van der Waals surface area contributed by atoms with Crippen LogP contribution in [0.15, 0.2) is 361 Å². The normalized spacial score (nSPS) is 13.3. The number of anilines is 6. The molecular weight excluding hydrogens is 1270 g/mol. The highest BCUT2D eigenvalue weighted by atomic mass is 16.4. The van der Waals surface area contributed by atoms with Crippen molar-refractivity contribution in [3.63, 3.8) is 0 Å². The lowest BCUT2D eigenvalue weighted by Gasteiger charge is -2.32. The molecule has 15 aromatic carbocycles. The van der Waals surface area contributed by atoms with Gasteiger partial charge in [-0.3, -0.25) is 0 Å². The van der Waals surface area contributed by atoms with Crippen LogP contribution in [0.3, 0.4) is 0 Å². The van der Waals surface area contributed by atoms with Gasteiger partial charge >= 0.3 is 0 Å². The summed E-state index contributed by atoms with van der Waals surface area (Å²) in [6.45, 7) is 0. The van der Waals surface area contributed by atoms with Gasteiger partial charge in [0.1, 0.15) is 11.0 Å². The molecule has 18 aromatic rings. The Balaban J connectivity index is 0.650. The van der Waals surface area contributed by atoms with E-state index in [1.54, 1.807) is 0 Å². The van der Waals surface area contributed by atoms with Crippen molar-refractivity contribution in [1.82, 2.24) is 19.9 Å². The minimum Gasteiger partial charge on any atom is -0.436 e. The molecule has 0 unspecified atom stereocenters. The molecule has 3 aromatic heterocycles. The van der Waals surface area contributed by atoms with Crippen molar-refractivity contribution < 1.29 is 8.83 Å². The van der Waals surface area contributed by atoms with Crippen LogP contribution in [0.25, 0.3) is 123 Å². The zero-order chi connectivity index (χ0) is 68.2. The zero-order valence-corrected chi connectivity index (χ0v) is 56.0. The topological polar surface area (TPSA) is 84.3 Å². The number of hydrogen-bond acceptors (Lipinski definition) is 8. The molecule has 4 aliphatic carbocycles. The van der Waals surface area contributed by atoms with E-state index in [-0.39, 0.29) is 0 Å². The van der Waals surface area contributed by atoms with Crippen LogP contribution in [0.2, 0.25) is 0 Å². The molecule has 104 heavy (non-hydrogen) atoms. The first-order valence-electron chi connectivity index (χ1n) is 35.4. The van der Waals surface area contributed by atoms with Gasteiger partial charge in [-0.05, 0) is 222 Å². The van der Waals surface area contributed by atoms with E-state index in [9.17, 15) is 0 Å². The summed E-state index contributed by atoms with van der Waals surface area (Å²) in [5, 5.41) is 0. The number of fused-ring (bicyclic) bond motifs is 23. The molecule has 0 fully saturated rings. The SMILES string of the molecule is c1ccc(N(c2ccc(-c3nc4ccccc4nc3-c3ccc(N(c4ccccc4)c4ccc5c(c4)C4(c6ccccc6-c6ccccc64)c4cc(-c6nc7ccccc7o6)ccc4-5)cc3)cc2)c2ccc3c(c2)C2(c4ccccc4-c4ccccc42)c2cc(-c4nc5ccccc5o4)ccc2-3)cc1. The molecule has 0 saturated carbocycles. The standard InChI is InChI=1S/C96H58N6O2/c1-3-21-63(22-4-1)101(67-49-53-75-73-51-43-61(93-99-87-35-17-19-37-89(87)103-93)55-81(73)95(83(75)57-67)77-29-11-7-25-69(77)70-26-8-12-30-78(70)95)65-45-39-59(40-46-65)91-92(98-86-34-16-15-33-85(86)97-91)60-41-47-66(48-42-60)102(64-23-5-2-6-24-64)68-50-54-76-74-52-44-62(94-100-88-36-18-20-38-90(88)104-94)56-82(74)96(84(76)58-68)79-31-13-9-27-71(79)72-28-10-14-32-80(72)96/h1-58H. The summed E-state index contributed by atoms with van der Waals surface area (Å²) < 4.78 is 13.0. The van der Waals surface area contributed by atoms with E-state index in [2.05, 4.69) is 301 Å². The van der Waals surface area contributed by atoms with Gasteiger partial charge in [0.2, 0.25) is 11.8 Å². The molecule has 0 bridgehead atoms. The van der Waals surface area contributed by atoms with Crippen LogP contribution in [0.1, 0.15) is 44.5 Å². The highest BCUT2D eigenvalue weighted by Gasteiger charge is 2.54. The molecule has 8 nitrogen and oxygen atoms in total. The zero-order valence-electron chi connectivity index (χ0n) is 56.0. The Bertz CT molecular complexity index is 6020. The average molecular weight is 1330 g/mol. The predicted octanol–water partition coefficient (Wildman–Crippen LogP) is 24.2. The summed E-state index contributed by atoms with van der Waals surface area (Å²) in [6, 6.07) is 127. The van der Waals surface area contributed by atoms with Crippen molar-refractivity contribution in [1.29, 1.82) is 0 Å². The molecule has 0 N–H and O–H groups in total. The van der Waals surface area contributed by atoms with E-state index in [0.29, 0.717) is 11.8 Å². The monoisotopic (exact) mass is 1330 g/mol. The van der Waals surface area contributed by atoms with Crippen LogP contribution < -0.4 is 9.80 Å². The Morgan fingerprint density at radius 3 is 0.856 bits per heavy atom. The van der Waals surface area contributed by atoms with Gasteiger partial charge in [-0.15, -0.1) is 0 Å². The number of hydrogen-bond donors (Lipinski definition) is 0. The van der Waals surface area contributed by atoms with Crippen LogP contribution in [-0.4, -0.2) is 19.9 Å². The summed E-state index contributed by atoms with van der Waals surface area (Å²) in [5.74, 6) is 1.21. The van der Waals surface area contributed by atoms with Crippen molar-refractivity contribution in [3.8, 4) is 89.9 Å². The Kier molecular flexibility index (Phi) is 12.5. The van der Waals surface area contributed by atoms with Crippen molar-refractivity contribution in [2.45, 2.75) is 10.8 Å². The summed E-state index contributed by atoms with van der Waals surface area (Å²) in [4.78, 5) is 25.7. The van der Waals surface area contributed by atoms with Crippen LogP contribution in [0.5, 0.6) is 0 Å². The van der Waals surface area contributed by atoms with E-state index in [1.807, 2.05) is 60.7 Å². The number of para-hydroxylation sites is 8. The van der Waals surface area contributed by atoms with Crippen molar-refractivity contribution in [2.24, 2.45) is 0 Å². The van der Waals surface area contributed by atoms with Crippen molar-refractivity contribution >= 4 is 67.4 Å². The smallest absolute Gasteiger partial charge is 0.227 e. The number of aromatic nitrogens is 4. The first kappa shape index (κ1) is 58.0. The highest BCUT2D eigenvalue weighted by molar-refractivity contribution is 6.00. The van der Waals surface area contributed by atoms with Gasteiger partial charge < -0.3 is 18.6 Å². The van der Waals surface area contributed by atoms with Gasteiger partial charge in [0.05, 0.1) is 33.3 Å². The molecule has 8 heteroatoms. The second-order valence-corrected chi connectivity index (χ2v) is 27.5. The molecule has 2 spiro atoms. The minimum atomic E-state index is -0.637. The molecule has 4 aliphatic rings. The summed E-state index contributed by atoms with van der Waals surface area (Å²) in [6.07, 6.45) is 0. The molecule has 0 radical (unpaired) electrons. The van der Waals surface area contributed by atoms with E-state index < -0.39 is 10.8 Å². The first-order valence-corrected chi connectivity index (χ1v) is 35.4. The first-order chi connectivity index (χ1) is 51.5. The lowest BCUT2D eigenvalue weighted by atomic mass is 9.70. The number of oxazole rings is 2. The summed E-state index contributed by atoms with van der Waals surface area (Å²) >= 11 is 0. The van der Waals surface area contributed by atoms with Crippen LogP contribution >= 0.6 is 0 Å². The second-order valence-electron chi connectivity index (χ2n) is 27.5. The molecule has 0 aliphatic heterocycles. The van der Waals surface area contributed by atoms with Crippen LogP contribution in [0.4, 0.5) is 34.1 Å². The second kappa shape index (κ2) is 22.3. The molecule has 3 heterocycles. The van der Waals surface area contributed by atoms with Crippen LogP contribution in [-0.2, 0) is 10.8 Å². The van der Waals surface area contributed by atoms with E-state index >= 15 is 0 Å². The molecule has 0 amide bonds. The highest BCUT2D eigenvalue weighted by Crippen LogP contribution is 2.66. The lowest BCUT2D eigenvalue weighted by Crippen LogP contribution is -2.26. The largest absolute Gasteiger partial charge is 0.436 e. The Labute approximate surface area is 599 Å². The van der Waals surface area contributed by atoms with E-state index in [0.717, 1.165) is 101 Å². The fourth-order valence-corrected chi connectivity index (χ4v) is 17.8. The molecule has 484 valence electrons. The Morgan fingerprint density at radius 1 is 0.202 bits per heavy atom. The molecule has 0 saturated heterocycles. The molecular formula is C96H58N6O2. The minimum absolute atomic E-state index is 0.605. The van der Waals surface area contributed by atoms with E-state index in [4.69, 9.17) is 28.8 Å². The average Bonchev–Trinajstić information content (AvgIpc) is 1.51. The third kappa shape index (κ3) is 8.36. The lowest BCUT2D eigenvalue weighted by molar-refractivity contribution is 0.619. The Hall–Kier alpha value is -13.8. The van der Waals surface area contributed by atoms with E-state index in [1.165, 1.54) is 89.0 Å². The third-order valence-electron chi connectivity index (χ3n) is 22.1. The maximum atomic E-state index is 6.48. The fraction of sp³-hybridized carbons (Fsp3) is 0.0208. The third-order valence-corrected chi connectivity index (χ3v) is 22.1. The number of benzene rings is 15. The van der Waals surface area contributed by atoms with Gasteiger partial charge in [-0.25, -0.2) is 19.9 Å². The van der Waals surface area contributed by atoms with Gasteiger partial charge in [-0.2, -0.15) is 0 Å². The van der Waals surface area contributed by atoms with Gasteiger partial charge in [0.25, 0.3) is 0 Å².